The van der Waals surface area contributed by atoms with Crippen LogP contribution in [-0.2, 0) is 4.79 Å². The Morgan fingerprint density at radius 1 is 1.67 bits per heavy atom. The second-order valence-electron chi connectivity index (χ2n) is 3.55. The highest BCUT2D eigenvalue weighted by molar-refractivity contribution is 5.75. The summed E-state index contributed by atoms with van der Waals surface area (Å²) in [6, 6.07) is 0.870. The molecule has 0 spiro atoms. The smallest absolute Gasteiger partial charge is 0.231 e. The minimum absolute atomic E-state index is 0.240. The Labute approximate surface area is 73.1 Å². The van der Waals surface area contributed by atoms with Gasteiger partial charge in [-0.15, -0.1) is 0 Å². The van der Waals surface area contributed by atoms with Crippen molar-refractivity contribution in [2.75, 3.05) is 19.6 Å². The molecule has 1 saturated heterocycles. The van der Waals surface area contributed by atoms with Crippen LogP contribution in [0.1, 0.15) is 13.8 Å². The SMILES string of the molecule is C[C@@H]1CN(CC(N)=O)[C@@H](C)CN1. The fourth-order valence-electron chi connectivity index (χ4n) is 1.52. The molecule has 1 aliphatic heterocycles. The second-order valence-corrected chi connectivity index (χ2v) is 3.55. The number of hydrogen-bond donors (Lipinski definition) is 2. The van der Waals surface area contributed by atoms with Crippen molar-refractivity contribution in [3.63, 3.8) is 0 Å². The van der Waals surface area contributed by atoms with Crippen LogP contribution in [0.3, 0.4) is 0 Å². The molecule has 0 unspecified atom stereocenters. The van der Waals surface area contributed by atoms with E-state index in [9.17, 15) is 4.79 Å². The monoisotopic (exact) mass is 171 g/mol. The minimum atomic E-state index is -0.240. The number of carbonyl (C=O) groups is 1. The highest BCUT2D eigenvalue weighted by atomic mass is 16.1. The zero-order valence-electron chi connectivity index (χ0n) is 7.71. The van der Waals surface area contributed by atoms with Crippen molar-refractivity contribution in [1.29, 1.82) is 0 Å². The zero-order chi connectivity index (χ0) is 9.14. The predicted molar refractivity (Wildman–Crippen MR) is 47.7 cm³/mol. The van der Waals surface area contributed by atoms with Gasteiger partial charge in [-0.3, -0.25) is 9.69 Å². The van der Waals surface area contributed by atoms with Gasteiger partial charge in [0.05, 0.1) is 6.54 Å². The molecular formula is C8H17N3O. The molecule has 12 heavy (non-hydrogen) atoms. The lowest BCUT2D eigenvalue weighted by atomic mass is 10.1. The molecule has 4 nitrogen and oxygen atoms in total. The molecule has 0 radical (unpaired) electrons. The molecule has 3 N–H and O–H groups in total. The van der Waals surface area contributed by atoms with Gasteiger partial charge in [0, 0.05) is 25.2 Å². The summed E-state index contributed by atoms with van der Waals surface area (Å²) in [5, 5.41) is 3.34. The van der Waals surface area contributed by atoms with E-state index in [4.69, 9.17) is 5.73 Å². The molecule has 1 aliphatic rings. The fraction of sp³-hybridized carbons (Fsp3) is 0.875. The van der Waals surface area contributed by atoms with Gasteiger partial charge in [0.15, 0.2) is 0 Å². The topological polar surface area (TPSA) is 58.4 Å². The van der Waals surface area contributed by atoms with E-state index in [0.29, 0.717) is 18.6 Å². The van der Waals surface area contributed by atoms with Gasteiger partial charge in [0.2, 0.25) is 5.91 Å². The van der Waals surface area contributed by atoms with Crippen molar-refractivity contribution < 1.29 is 4.79 Å². The van der Waals surface area contributed by atoms with E-state index >= 15 is 0 Å². The molecule has 0 aromatic heterocycles. The maximum absolute atomic E-state index is 10.7. The molecule has 1 heterocycles. The molecular weight excluding hydrogens is 154 g/mol. The number of primary amides is 1. The standard InChI is InChI=1S/C8H17N3O/c1-6-4-11(5-8(9)12)7(2)3-10-6/h6-7,10H,3-5H2,1-2H3,(H2,9,12)/t6-,7+/m1/s1. The maximum atomic E-state index is 10.7. The molecule has 70 valence electrons. The lowest BCUT2D eigenvalue weighted by molar-refractivity contribution is -0.120. The van der Waals surface area contributed by atoms with Gasteiger partial charge in [0.25, 0.3) is 0 Å². The summed E-state index contributed by atoms with van der Waals surface area (Å²) >= 11 is 0. The van der Waals surface area contributed by atoms with Crippen LogP contribution in [0.25, 0.3) is 0 Å². The van der Waals surface area contributed by atoms with Crippen molar-refractivity contribution in [2.45, 2.75) is 25.9 Å². The quantitative estimate of drug-likeness (QED) is 0.569. The number of nitrogens with two attached hydrogens (primary N) is 1. The number of hydrogen-bond acceptors (Lipinski definition) is 3. The first kappa shape index (κ1) is 9.48. The number of nitrogens with zero attached hydrogens (tertiary/aromatic N) is 1. The van der Waals surface area contributed by atoms with E-state index in [0.717, 1.165) is 13.1 Å². The third-order valence-electron chi connectivity index (χ3n) is 2.25. The average molecular weight is 171 g/mol. The molecule has 0 aromatic carbocycles. The first-order valence-corrected chi connectivity index (χ1v) is 4.35. The van der Waals surface area contributed by atoms with Crippen LogP contribution in [0, 0.1) is 0 Å². The van der Waals surface area contributed by atoms with Gasteiger partial charge in [0.1, 0.15) is 0 Å². The van der Waals surface area contributed by atoms with Crippen LogP contribution in [0.4, 0.5) is 0 Å². The van der Waals surface area contributed by atoms with Gasteiger partial charge in [-0.05, 0) is 13.8 Å². The highest BCUT2D eigenvalue weighted by Crippen LogP contribution is 2.04. The minimum Gasteiger partial charge on any atom is -0.369 e. The summed E-state index contributed by atoms with van der Waals surface area (Å²) in [5.74, 6) is -0.240. The van der Waals surface area contributed by atoms with Crippen LogP contribution in [0.2, 0.25) is 0 Å². The third-order valence-corrected chi connectivity index (χ3v) is 2.25. The van der Waals surface area contributed by atoms with E-state index in [2.05, 4.69) is 24.1 Å². The normalized spacial score (nSPS) is 31.8. The summed E-state index contributed by atoms with van der Waals surface area (Å²) < 4.78 is 0. The molecule has 0 saturated carbocycles. The molecule has 4 heteroatoms. The zero-order valence-corrected chi connectivity index (χ0v) is 7.71. The Hall–Kier alpha value is -0.610. The molecule has 0 aromatic rings. The maximum Gasteiger partial charge on any atom is 0.231 e. The van der Waals surface area contributed by atoms with E-state index < -0.39 is 0 Å². The summed E-state index contributed by atoms with van der Waals surface area (Å²) in [6.45, 7) is 6.44. The molecule has 0 aliphatic carbocycles. The largest absolute Gasteiger partial charge is 0.369 e. The lowest BCUT2D eigenvalue weighted by Gasteiger charge is -2.36. The summed E-state index contributed by atoms with van der Waals surface area (Å²) in [6.07, 6.45) is 0. The molecule has 2 atom stereocenters. The van der Waals surface area contributed by atoms with Crippen molar-refractivity contribution in [3.05, 3.63) is 0 Å². The average Bonchev–Trinajstić information content (AvgIpc) is 1.96. The van der Waals surface area contributed by atoms with Crippen LogP contribution in [0.5, 0.6) is 0 Å². The fourth-order valence-corrected chi connectivity index (χ4v) is 1.52. The summed E-state index contributed by atoms with van der Waals surface area (Å²) in [7, 11) is 0. The van der Waals surface area contributed by atoms with Gasteiger partial charge >= 0.3 is 0 Å². The second kappa shape index (κ2) is 3.87. The highest BCUT2D eigenvalue weighted by Gasteiger charge is 2.22. The number of rotatable bonds is 2. The summed E-state index contributed by atoms with van der Waals surface area (Å²) in [5.41, 5.74) is 5.13. The molecule has 0 bridgehead atoms. The molecule has 1 rings (SSSR count). The van der Waals surface area contributed by atoms with Crippen molar-refractivity contribution in [1.82, 2.24) is 10.2 Å². The molecule has 1 fully saturated rings. The van der Waals surface area contributed by atoms with Crippen LogP contribution >= 0.6 is 0 Å². The van der Waals surface area contributed by atoms with E-state index in [1.54, 1.807) is 0 Å². The van der Waals surface area contributed by atoms with E-state index in [-0.39, 0.29) is 5.91 Å². The number of piperazine rings is 1. The Bertz CT molecular complexity index is 172. The van der Waals surface area contributed by atoms with Gasteiger partial charge in [-0.2, -0.15) is 0 Å². The van der Waals surface area contributed by atoms with Crippen LogP contribution in [0.15, 0.2) is 0 Å². The van der Waals surface area contributed by atoms with Crippen molar-refractivity contribution in [2.24, 2.45) is 5.73 Å². The summed E-state index contributed by atoms with van der Waals surface area (Å²) in [4.78, 5) is 12.8. The Morgan fingerprint density at radius 3 is 2.92 bits per heavy atom. The van der Waals surface area contributed by atoms with Crippen LogP contribution in [-0.4, -0.2) is 42.5 Å². The van der Waals surface area contributed by atoms with Crippen molar-refractivity contribution in [3.8, 4) is 0 Å². The lowest BCUT2D eigenvalue weighted by Crippen LogP contribution is -2.56. The van der Waals surface area contributed by atoms with E-state index in [1.165, 1.54) is 0 Å². The van der Waals surface area contributed by atoms with Crippen LogP contribution < -0.4 is 11.1 Å². The first-order valence-electron chi connectivity index (χ1n) is 4.35. The Morgan fingerprint density at radius 2 is 2.33 bits per heavy atom. The van der Waals surface area contributed by atoms with Crippen molar-refractivity contribution >= 4 is 5.91 Å². The molecule has 1 amide bonds. The van der Waals surface area contributed by atoms with E-state index in [1.807, 2.05) is 0 Å². The predicted octanol–water partition coefficient (Wildman–Crippen LogP) is -0.846. The number of amides is 1. The number of carbonyl (C=O) groups excluding carboxylic acids is 1. The number of nitrogens with one attached hydrogen (secondary N) is 1. The van der Waals surface area contributed by atoms with Gasteiger partial charge in [-0.25, -0.2) is 0 Å². The Balaban J connectivity index is 2.43. The third kappa shape index (κ3) is 2.46. The first-order chi connectivity index (χ1) is 5.59. The van der Waals surface area contributed by atoms with Gasteiger partial charge in [-0.1, -0.05) is 0 Å². The van der Waals surface area contributed by atoms with Gasteiger partial charge < -0.3 is 11.1 Å². The Kier molecular flexibility index (Phi) is 3.05.